The first-order chi connectivity index (χ1) is 7.78. The van der Waals surface area contributed by atoms with Gasteiger partial charge in [0.2, 0.25) is 0 Å². The van der Waals surface area contributed by atoms with E-state index in [0.717, 1.165) is 18.2 Å². The van der Waals surface area contributed by atoms with Crippen molar-refractivity contribution in [3.05, 3.63) is 11.9 Å². The lowest BCUT2D eigenvalue weighted by molar-refractivity contribution is 0.0778. The van der Waals surface area contributed by atoms with E-state index in [0.29, 0.717) is 6.54 Å². The molecule has 0 aromatic carbocycles. The molecule has 0 spiro atoms. The first-order valence-electron chi connectivity index (χ1n) is 5.66. The summed E-state index contributed by atoms with van der Waals surface area (Å²) in [7, 11) is 0. The van der Waals surface area contributed by atoms with E-state index in [9.17, 15) is 5.11 Å². The summed E-state index contributed by atoms with van der Waals surface area (Å²) in [4.78, 5) is 0. The second-order valence-electron chi connectivity index (χ2n) is 4.34. The van der Waals surface area contributed by atoms with Crippen LogP contribution in [0.3, 0.4) is 0 Å². The average molecular weight is 226 g/mol. The molecule has 6 nitrogen and oxygen atoms in total. The molecule has 1 aliphatic carbocycles. The maximum atomic E-state index is 9.22. The van der Waals surface area contributed by atoms with Gasteiger partial charge in [-0.2, -0.15) is 0 Å². The molecule has 0 bridgehead atoms. The number of hydrogen-bond acceptors (Lipinski definition) is 5. The Bertz CT molecular complexity index is 324. The van der Waals surface area contributed by atoms with Crippen LogP contribution in [0, 0.1) is 5.92 Å². The van der Waals surface area contributed by atoms with Crippen LogP contribution in [-0.2, 0) is 13.1 Å². The summed E-state index contributed by atoms with van der Waals surface area (Å²) in [5.41, 5.74) is 0.866. The molecule has 1 aliphatic rings. The van der Waals surface area contributed by atoms with E-state index in [4.69, 9.17) is 5.11 Å². The van der Waals surface area contributed by atoms with Gasteiger partial charge in [-0.3, -0.25) is 0 Å². The zero-order chi connectivity index (χ0) is 11.4. The van der Waals surface area contributed by atoms with E-state index in [-0.39, 0.29) is 13.2 Å². The summed E-state index contributed by atoms with van der Waals surface area (Å²) >= 11 is 0. The van der Waals surface area contributed by atoms with Crippen molar-refractivity contribution >= 4 is 0 Å². The third-order valence-electron chi connectivity index (χ3n) is 2.63. The van der Waals surface area contributed by atoms with E-state index in [1.165, 1.54) is 12.8 Å². The highest BCUT2D eigenvalue weighted by molar-refractivity contribution is 4.92. The lowest BCUT2D eigenvalue weighted by atomic mass is 10.4. The minimum Gasteiger partial charge on any atom is -0.394 e. The minimum atomic E-state index is -0.769. The molecule has 1 saturated carbocycles. The van der Waals surface area contributed by atoms with Gasteiger partial charge < -0.3 is 15.5 Å². The van der Waals surface area contributed by atoms with Crippen LogP contribution in [0.25, 0.3) is 0 Å². The maximum absolute atomic E-state index is 9.22. The van der Waals surface area contributed by atoms with Gasteiger partial charge in [-0.1, -0.05) is 5.21 Å². The van der Waals surface area contributed by atoms with Crippen LogP contribution in [0.1, 0.15) is 18.5 Å². The van der Waals surface area contributed by atoms with Gasteiger partial charge in [0.1, 0.15) is 0 Å². The molecule has 1 aromatic heterocycles. The summed E-state index contributed by atoms with van der Waals surface area (Å²) in [5.74, 6) is 0.853. The molecule has 6 heteroatoms. The predicted molar refractivity (Wildman–Crippen MR) is 57.5 cm³/mol. The molecule has 16 heavy (non-hydrogen) atoms. The number of aliphatic hydroxyl groups excluding tert-OH is 2. The van der Waals surface area contributed by atoms with Gasteiger partial charge in [0.25, 0.3) is 0 Å². The normalized spacial score (nSPS) is 17.6. The van der Waals surface area contributed by atoms with Crippen LogP contribution in [-0.4, -0.2) is 44.5 Å². The molecule has 1 fully saturated rings. The Morgan fingerprint density at radius 2 is 2.38 bits per heavy atom. The van der Waals surface area contributed by atoms with E-state index in [1.807, 2.05) is 0 Å². The van der Waals surface area contributed by atoms with Crippen LogP contribution >= 0.6 is 0 Å². The number of aromatic nitrogens is 3. The highest BCUT2D eigenvalue weighted by Gasteiger charge is 2.20. The summed E-state index contributed by atoms with van der Waals surface area (Å²) < 4.78 is 1.55. The lowest BCUT2D eigenvalue weighted by Crippen LogP contribution is -2.20. The maximum Gasteiger partial charge on any atom is 0.0966 e. The number of aliphatic hydroxyl groups is 2. The zero-order valence-corrected chi connectivity index (χ0v) is 9.21. The van der Waals surface area contributed by atoms with Crippen molar-refractivity contribution in [2.75, 3.05) is 13.2 Å². The summed E-state index contributed by atoms with van der Waals surface area (Å²) in [6.45, 7) is 1.79. The molecule has 1 aromatic rings. The van der Waals surface area contributed by atoms with E-state index in [2.05, 4.69) is 15.6 Å². The third kappa shape index (κ3) is 3.55. The molecule has 1 unspecified atom stereocenters. The second kappa shape index (κ2) is 5.38. The van der Waals surface area contributed by atoms with Crippen molar-refractivity contribution in [2.45, 2.75) is 32.0 Å². The van der Waals surface area contributed by atoms with Crippen LogP contribution in [0.2, 0.25) is 0 Å². The Labute approximate surface area is 94.3 Å². The highest BCUT2D eigenvalue weighted by Crippen LogP contribution is 2.27. The molecule has 1 atom stereocenters. The van der Waals surface area contributed by atoms with Crippen LogP contribution < -0.4 is 5.32 Å². The fourth-order valence-corrected chi connectivity index (χ4v) is 1.51. The Balaban J connectivity index is 1.72. The molecular weight excluding hydrogens is 208 g/mol. The third-order valence-corrected chi connectivity index (χ3v) is 2.63. The van der Waals surface area contributed by atoms with Crippen LogP contribution in [0.5, 0.6) is 0 Å². The first-order valence-corrected chi connectivity index (χ1v) is 5.66. The van der Waals surface area contributed by atoms with Gasteiger partial charge in [0, 0.05) is 12.7 Å². The van der Waals surface area contributed by atoms with E-state index < -0.39 is 6.10 Å². The van der Waals surface area contributed by atoms with Gasteiger partial charge in [-0.15, -0.1) is 5.10 Å². The topological polar surface area (TPSA) is 83.2 Å². The highest BCUT2D eigenvalue weighted by atomic mass is 16.3. The number of hydrogen-bond donors (Lipinski definition) is 3. The van der Waals surface area contributed by atoms with Gasteiger partial charge in [-0.25, -0.2) is 4.68 Å². The molecule has 0 radical (unpaired) electrons. The number of nitrogens with one attached hydrogen (secondary N) is 1. The van der Waals surface area contributed by atoms with Crippen molar-refractivity contribution in [2.24, 2.45) is 5.92 Å². The molecular formula is C10H18N4O2. The first kappa shape index (κ1) is 11.5. The van der Waals surface area contributed by atoms with Gasteiger partial charge in [0.05, 0.1) is 24.9 Å². The smallest absolute Gasteiger partial charge is 0.0966 e. The molecule has 0 amide bonds. The molecule has 3 N–H and O–H groups in total. The quantitative estimate of drug-likeness (QED) is 0.563. The largest absolute Gasteiger partial charge is 0.394 e. The molecule has 0 saturated heterocycles. The fourth-order valence-electron chi connectivity index (χ4n) is 1.51. The van der Waals surface area contributed by atoms with Gasteiger partial charge >= 0.3 is 0 Å². The predicted octanol–water partition coefficient (Wildman–Crippen LogP) is -0.869. The minimum absolute atomic E-state index is 0.255. The van der Waals surface area contributed by atoms with Gasteiger partial charge in [-0.05, 0) is 25.3 Å². The molecule has 90 valence electrons. The van der Waals surface area contributed by atoms with Crippen LogP contribution in [0.4, 0.5) is 0 Å². The van der Waals surface area contributed by atoms with E-state index in [1.54, 1.807) is 10.9 Å². The van der Waals surface area contributed by atoms with Crippen molar-refractivity contribution in [3.63, 3.8) is 0 Å². The SMILES string of the molecule is OCC(O)Cn1cc(CNCC2CC2)nn1. The Morgan fingerprint density at radius 1 is 1.56 bits per heavy atom. The van der Waals surface area contributed by atoms with Crippen LogP contribution in [0.15, 0.2) is 6.20 Å². The Morgan fingerprint density at radius 3 is 3.06 bits per heavy atom. The summed E-state index contributed by atoms with van der Waals surface area (Å²) in [5, 5.41) is 29.1. The van der Waals surface area contributed by atoms with Crippen molar-refractivity contribution in [1.82, 2.24) is 20.3 Å². The van der Waals surface area contributed by atoms with E-state index >= 15 is 0 Å². The molecule has 0 aliphatic heterocycles. The van der Waals surface area contributed by atoms with Gasteiger partial charge in [0.15, 0.2) is 0 Å². The average Bonchev–Trinajstić information content (AvgIpc) is 2.99. The molecule has 2 rings (SSSR count). The monoisotopic (exact) mass is 226 g/mol. The summed E-state index contributed by atoms with van der Waals surface area (Å²) in [6, 6.07) is 0. The Kier molecular flexibility index (Phi) is 3.87. The van der Waals surface area contributed by atoms with Crippen molar-refractivity contribution in [3.8, 4) is 0 Å². The van der Waals surface area contributed by atoms with Crippen molar-refractivity contribution in [1.29, 1.82) is 0 Å². The fraction of sp³-hybridized carbons (Fsp3) is 0.800. The second-order valence-corrected chi connectivity index (χ2v) is 4.34. The number of nitrogens with zero attached hydrogens (tertiary/aromatic N) is 3. The Hall–Kier alpha value is -0.980. The lowest BCUT2D eigenvalue weighted by Gasteiger charge is -2.04. The summed E-state index contributed by atoms with van der Waals surface area (Å²) in [6.07, 6.45) is 3.69. The zero-order valence-electron chi connectivity index (χ0n) is 9.21. The molecule has 1 heterocycles. The standard InChI is InChI=1S/C10H18N4O2/c15-7-10(16)6-14-5-9(12-13-14)4-11-3-8-1-2-8/h5,8,10-11,15-16H,1-4,6-7H2. The van der Waals surface area contributed by atoms with Crippen molar-refractivity contribution < 1.29 is 10.2 Å². The number of rotatable bonds is 7.